The lowest BCUT2D eigenvalue weighted by Crippen LogP contribution is -2.31. The van der Waals surface area contributed by atoms with Crippen LogP contribution in [-0.4, -0.2) is 33.9 Å². The summed E-state index contributed by atoms with van der Waals surface area (Å²) < 4.78 is 5.24. The van der Waals surface area contributed by atoms with Crippen LogP contribution in [0.2, 0.25) is 0 Å². The van der Waals surface area contributed by atoms with Crippen molar-refractivity contribution in [1.82, 2.24) is 33.9 Å². The molecule has 4 aromatic rings. The van der Waals surface area contributed by atoms with Crippen molar-refractivity contribution < 1.29 is 0 Å². The van der Waals surface area contributed by atoms with Crippen molar-refractivity contribution in [3.8, 4) is 10.7 Å². The number of imidazole rings is 1. The monoisotopic (exact) mass is 431 g/mol. The number of aromatic amines is 1. The smallest absolute Gasteiger partial charge is 0.325 e. The number of unbranched alkanes of at least 4 members (excludes halogenated alkanes) is 1. The van der Waals surface area contributed by atoms with E-state index in [1.54, 1.807) is 27.5 Å². The molecule has 29 heavy (non-hydrogen) atoms. The van der Waals surface area contributed by atoms with Gasteiger partial charge in [0.15, 0.2) is 22.1 Å². The number of hydrogen-bond donors (Lipinski definition) is 1. The van der Waals surface area contributed by atoms with Gasteiger partial charge in [-0.3, -0.25) is 14.3 Å². The number of fused-ring (bicyclic) bond motifs is 1. The molecule has 4 heterocycles. The van der Waals surface area contributed by atoms with Crippen molar-refractivity contribution >= 4 is 34.3 Å². The third kappa shape index (κ3) is 3.55. The number of thiophene rings is 1. The average Bonchev–Trinajstić information content (AvgIpc) is 3.40. The van der Waals surface area contributed by atoms with E-state index in [1.165, 1.54) is 11.8 Å². The molecule has 0 amide bonds. The van der Waals surface area contributed by atoms with Crippen LogP contribution in [0.4, 0.5) is 0 Å². The zero-order valence-corrected chi connectivity index (χ0v) is 18.0. The van der Waals surface area contributed by atoms with E-state index >= 15 is 0 Å². The number of H-pyrrole nitrogens is 1. The van der Waals surface area contributed by atoms with Gasteiger partial charge < -0.3 is 9.13 Å². The van der Waals surface area contributed by atoms with Crippen LogP contribution in [0.25, 0.3) is 21.9 Å². The summed E-state index contributed by atoms with van der Waals surface area (Å²) in [6.45, 7) is 2.58. The van der Waals surface area contributed by atoms with E-state index in [4.69, 9.17) is 0 Å². The molecule has 0 saturated carbocycles. The number of hydrogen-bond acceptors (Lipinski definition) is 7. The van der Waals surface area contributed by atoms with Crippen molar-refractivity contribution in [1.29, 1.82) is 0 Å². The normalized spacial score (nSPS) is 11.6. The van der Waals surface area contributed by atoms with Crippen molar-refractivity contribution in [3.05, 3.63) is 44.2 Å². The van der Waals surface area contributed by atoms with Gasteiger partial charge in [-0.2, -0.15) is 0 Å². The molecule has 4 aromatic heterocycles. The number of thioether (sulfide) groups is 1. The Morgan fingerprint density at radius 2 is 2.03 bits per heavy atom. The number of nitrogens with one attached hydrogen (secondary N) is 1. The first-order chi connectivity index (χ1) is 14.0. The molecular formula is C18H21N7O2S2. The molecule has 0 bridgehead atoms. The third-order valence-corrected chi connectivity index (χ3v) is 6.63. The van der Waals surface area contributed by atoms with Crippen LogP contribution >= 0.6 is 23.1 Å². The lowest BCUT2D eigenvalue weighted by atomic mass is 10.3. The lowest BCUT2D eigenvalue weighted by molar-refractivity contribution is 0.613. The Hall–Kier alpha value is -2.66. The van der Waals surface area contributed by atoms with E-state index in [2.05, 4.69) is 27.1 Å². The maximum absolute atomic E-state index is 12.4. The molecule has 1 N–H and O–H groups in total. The molecule has 0 fully saturated rings. The molecule has 9 nitrogen and oxygen atoms in total. The molecule has 11 heteroatoms. The van der Waals surface area contributed by atoms with Gasteiger partial charge in [0, 0.05) is 20.6 Å². The molecule has 152 valence electrons. The molecule has 0 spiro atoms. The fraction of sp³-hybridized carbons (Fsp3) is 0.389. The summed E-state index contributed by atoms with van der Waals surface area (Å²) >= 11 is 3.11. The fourth-order valence-corrected chi connectivity index (χ4v) is 4.77. The van der Waals surface area contributed by atoms with Crippen LogP contribution in [0.1, 0.15) is 25.6 Å². The number of rotatable bonds is 7. The summed E-state index contributed by atoms with van der Waals surface area (Å²) in [6.07, 6.45) is 1.79. The Kier molecular flexibility index (Phi) is 5.41. The van der Waals surface area contributed by atoms with Gasteiger partial charge in [-0.25, -0.2) is 9.78 Å². The van der Waals surface area contributed by atoms with E-state index in [0.29, 0.717) is 29.3 Å². The Morgan fingerprint density at radius 3 is 2.76 bits per heavy atom. The second-order valence-corrected chi connectivity index (χ2v) is 8.55. The van der Waals surface area contributed by atoms with Crippen molar-refractivity contribution in [2.75, 3.05) is 0 Å². The minimum atomic E-state index is -0.415. The predicted octanol–water partition coefficient (Wildman–Crippen LogP) is 2.37. The van der Waals surface area contributed by atoms with Crippen LogP contribution in [0.5, 0.6) is 0 Å². The van der Waals surface area contributed by atoms with Crippen molar-refractivity contribution in [2.45, 2.75) is 37.2 Å². The van der Waals surface area contributed by atoms with Gasteiger partial charge in [0.05, 0.1) is 10.6 Å². The minimum Gasteiger partial charge on any atom is -0.325 e. The zero-order chi connectivity index (χ0) is 20.5. The van der Waals surface area contributed by atoms with E-state index in [0.717, 1.165) is 28.7 Å². The van der Waals surface area contributed by atoms with Gasteiger partial charge in [-0.1, -0.05) is 31.2 Å². The third-order valence-electron chi connectivity index (χ3n) is 4.75. The molecule has 0 aliphatic carbocycles. The highest BCUT2D eigenvalue weighted by Crippen LogP contribution is 2.27. The maximum atomic E-state index is 12.4. The molecule has 0 aliphatic rings. The fourth-order valence-electron chi connectivity index (χ4n) is 3.13. The van der Waals surface area contributed by atoms with Crippen LogP contribution < -0.4 is 11.2 Å². The summed E-state index contributed by atoms with van der Waals surface area (Å²) in [6, 6.07) is 3.99. The van der Waals surface area contributed by atoms with Crippen LogP contribution in [0, 0.1) is 0 Å². The van der Waals surface area contributed by atoms with Crippen LogP contribution in [0.3, 0.4) is 0 Å². The van der Waals surface area contributed by atoms with Gasteiger partial charge in [0.25, 0.3) is 5.56 Å². The largest absolute Gasteiger partial charge is 0.330 e. The highest BCUT2D eigenvalue weighted by Gasteiger charge is 2.18. The van der Waals surface area contributed by atoms with E-state index in [1.807, 2.05) is 29.1 Å². The molecule has 0 unspecified atom stereocenters. The van der Waals surface area contributed by atoms with Gasteiger partial charge >= 0.3 is 5.69 Å². The van der Waals surface area contributed by atoms with Crippen LogP contribution in [-0.2, 0) is 26.4 Å². The second kappa shape index (κ2) is 7.99. The summed E-state index contributed by atoms with van der Waals surface area (Å²) in [4.78, 5) is 32.7. The van der Waals surface area contributed by atoms with Gasteiger partial charge in [-0.15, -0.1) is 21.5 Å². The topological polar surface area (TPSA) is 103 Å². The first-order valence-electron chi connectivity index (χ1n) is 9.25. The molecule has 0 radical (unpaired) electrons. The Balaban J connectivity index is 1.66. The maximum Gasteiger partial charge on any atom is 0.330 e. The zero-order valence-electron chi connectivity index (χ0n) is 16.4. The molecule has 0 aliphatic heterocycles. The van der Waals surface area contributed by atoms with Crippen molar-refractivity contribution in [3.63, 3.8) is 0 Å². The molecular weight excluding hydrogens is 410 g/mol. The highest BCUT2D eigenvalue weighted by atomic mass is 32.2. The quantitative estimate of drug-likeness (QED) is 0.451. The summed E-state index contributed by atoms with van der Waals surface area (Å²) in [5, 5.41) is 11.3. The molecule has 0 aromatic carbocycles. The Morgan fingerprint density at radius 1 is 1.21 bits per heavy atom. The van der Waals surface area contributed by atoms with Crippen LogP contribution in [0.15, 0.2) is 32.3 Å². The minimum absolute atomic E-state index is 0.411. The summed E-state index contributed by atoms with van der Waals surface area (Å²) in [7, 11) is 3.72. The first-order valence-corrected chi connectivity index (χ1v) is 11.1. The number of aromatic nitrogens is 7. The van der Waals surface area contributed by atoms with Gasteiger partial charge in [0.1, 0.15) is 5.82 Å². The second-order valence-electron chi connectivity index (χ2n) is 6.65. The number of nitrogens with zero attached hydrogens (tertiary/aromatic N) is 6. The highest BCUT2D eigenvalue weighted by molar-refractivity contribution is 7.98. The summed E-state index contributed by atoms with van der Waals surface area (Å²) in [5.74, 6) is 2.02. The number of aryl methyl sites for hydroxylation is 2. The molecule has 0 atom stereocenters. The standard InChI is InChI=1S/C18H21N7O2S2/c1-4-5-8-25-15-13(16(26)20-17(25)27)23(2)12(19-15)10-29-18-22-21-14(24(18)3)11-7-6-9-28-11/h6-7,9H,4-5,8,10H2,1-3H3,(H,20,26,27). The van der Waals surface area contributed by atoms with E-state index in [-0.39, 0.29) is 0 Å². The van der Waals surface area contributed by atoms with Gasteiger partial charge in [-0.05, 0) is 17.9 Å². The SMILES string of the molecule is CCCCn1c(=O)[nH]c(=O)c2c1nc(CSc1nnc(-c3cccs3)n1C)n2C. The van der Waals surface area contributed by atoms with E-state index < -0.39 is 11.2 Å². The van der Waals surface area contributed by atoms with Gasteiger partial charge in [0.2, 0.25) is 0 Å². The lowest BCUT2D eigenvalue weighted by Gasteiger charge is -2.04. The summed E-state index contributed by atoms with van der Waals surface area (Å²) in [5.41, 5.74) is 0.0147. The first kappa shape index (κ1) is 19.6. The average molecular weight is 432 g/mol. The van der Waals surface area contributed by atoms with E-state index in [9.17, 15) is 9.59 Å². The van der Waals surface area contributed by atoms with Crippen molar-refractivity contribution in [2.24, 2.45) is 14.1 Å². The molecule has 0 saturated heterocycles. The predicted molar refractivity (Wildman–Crippen MR) is 114 cm³/mol. The molecule has 4 rings (SSSR count). The Labute approximate surface area is 174 Å². The Bertz CT molecular complexity index is 1260.